The zero-order valence-electron chi connectivity index (χ0n) is 10.0. The van der Waals surface area contributed by atoms with Gasteiger partial charge in [-0.2, -0.15) is 5.10 Å². The van der Waals surface area contributed by atoms with E-state index in [2.05, 4.69) is 23.4 Å². The Hall–Kier alpha value is -0.870. The summed E-state index contributed by atoms with van der Waals surface area (Å²) in [5, 5.41) is 7.73. The second kappa shape index (κ2) is 5.88. The van der Waals surface area contributed by atoms with Gasteiger partial charge in [-0.1, -0.05) is 6.92 Å². The molecule has 0 radical (unpaired) electrons. The third-order valence-electron chi connectivity index (χ3n) is 2.71. The van der Waals surface area contributed by atoms with Crippen LogP contribution in [0.4, 0.5) is 0 Å². The summed E-state index contributed by atoms with van der Waals surface area (Å²) < 4.78 is 6.93. The van der Waals surface area contributed by atoms with Crippen molar-refractivity contribution in [2.45, 2.75) is 19.4 Å². The van der Waals surface area contributed by atoms with Crippen LogP contribution in [0.1, 0.15) is 25.1 Å². The molecule has 0 aromatic carbocycles. The van der Waals surface area contributed by atoms with Gasteiger partial charge < -0.3 is 10.1 Å². The van der Waals surface area contributed by atoms with Crippen LogP contribution in [0.15, 0.2) is 12.3 Å². The van der Waals surface area contributed by atoms with Crippen LogP contribution >= 0.6 is 0 Å². The van der Waals surface area contributed by atoms with Crippen LogP contribution in [-0.2, 0) is 11.8 Å². The molecule has 86 valence electrons. The first kappa shape index (κ1) is 12.2. The highest BCUT2D eigenvalue weighted by Crippen LogP contribution is 2.22. The Morgan fingerprint density at radius 2 is 2.33 bits per heavy atom. The molecule has 1 aromatic heterocycles. The Labute approximate surface area is 91.6 Å². The molecular formula is C11H21N3O. The first-order chi connectivity index (χ1) is 7.19. The van der Waals surface area contributed by atoms with E-state index in [1.807, 2.05) is 25.0 Å². The fourth-order valence-corrected chi connectivity index (χ4v) is 1.79. The second-order valence-electron chi connectivity index (χ2n) is 3.94. The van der Waals surface area contributed by atoms with Crippen LogP contribution in [0.2, 0.25) is 0 Å². The van der Waals surface area contributed by atoms with Crippen molar-refractivity contribution >= 4 is 0 Å². The largest absolute Gasteiger partial charge is 0.385 e. The van der Waals surface area contributed by atoms with Gasteiger partial charge in [-0.15, -0.1) is 0 Å². The number of nitrogens with one attached hydrogen (secondary N) is 1. The number of hydrogen-bond acceptors (Lipinski definition) is 3. The summed E-state index contributed by atoms with van der Waals surface area (Å²) in [6, 6.07) is 2.37. The quantitative estimate of drug-likeness (QED) is 0.772. The van der Waals surface area contributed by atoms with Crippen LogP contribution in [0.25, 0.3) is 0 Å². The van der Waals surface area contributed by atoms with Crippen LogP contribution in [-0.4, -0.2) is 30.5 Å². The molecule has 1 aromatic rings. The van der Waals surface area contributed by atoms with Gasteiger partial charge in [-0.25, -0.2) is 0 Å². The SMILES string of the molecule is CNC(c1ccn(C)n1)C(C)CCOC. The minimum atomic E-state index is 0.307. The molecule has 0 saturated heterocycles. The molecular weight excluding hydrogens is 190 g/mol. The minimum absolute atomic E-state index is 0.307. The zero-order chi connectivity index (χ0) is 11.3. The normalized spacial score (nSPS) is 15.2. The maximum Gasteiger partial charge on any atom is 0.0796 e. The second-order valence-corrected chi connectivity index (χ2v) is 3.94. The van der Waals surface area contributed by atoms with E-state index in [9.17, 15) is 0 Å². The molecule has 1 heterocycles. The fraction of sp³-hybridized carbons (Fsp3) is 0.727. The lowest BCUT2D eigenvalue weighted by molar-refractivity contribution is 0.170. The number of nitrogens with zero attached hydrogens (tertiary/aromatic N) is 2. The highest BCUT2D eigenvalue weighted by atomic mass is 16.5. The average Bonchev–Trinajstić information content (AvgIpc) is 2.63. The van der Waals surface area contributed by atoms with Crippen LogP contribution < -0.4 is 5.32 Å². The summed E-state index contributed by atoms with van der Waals surface area (Å²) in [7, 11) is 5.65. The van der Waals surface area contributed by atoms with Crippen molar-refractivity contribution in [1.29, 1.82) is 0 Å². The lowest BCUT2D eigenvalue weighted by Crippen LogP contribution is -2.25. The van der Waals surface area contributed by atoms with Gasteiger partial charge in [0, 0.05) is 27.0 Å². The third kappa shape index (κ3) is 3.32. The molecule has 0 fully saturated rings. The standard InChI is InChI=1S/C11H21N3O/c1-9(6-8-15-4)11(12-2)10-5-7-14(3)13-10/h5,7,9,11-12H,6,8H2,1-4H3. The van der Waals surface area contributed by atoms with Gasteiger partial charge in [-0.3, -0.25) is 4.68 Å². The number of aryl methyl sites for hydroxylation is 1. The molecule has 0 aliphatic heterocycles. The van der Waals surface area contributed by atoms with Gasteiger partial charge >= 0.3 is 0 Å². The molecule has 2 atom stereocenters. The van der Waals surface area contributed by atoms with Crippen LogP contribution in [0, 0.1) is 5.92 Å². The molecule has 0 aliphatic carbocycles. The lowest BCUT2D eigenvalue weighted by atomic mass is 9.96. The molecule has 0 spiro atoms. The van der Waals surface area contributed by atoms with Gasteiger partial charge in [0.25, 0.3) is 0 Å². The van der Waals surface area contributed by atoms with E-state index >= 15 is 0 Å². The van der Waals surface area contributed by atoms with E-state index in [0.717, 1.165) is 18.7 Å². The van der Waals surface area contributed by atoms with Gasteiger partial charge in [-0.05, 0) is 25.5 Å². The smallest absolute Gasteiger partial charge is 0.0796 e. The summed E-state index contributed by atoms with van der Waals surface area (Å²) in [5.74, 6) is 0.518. The summed E-state index contributed by atoms with van der Waals surface area (Å²) in [4.78, 5) is 0. The van der Waals surface area contributed by atoms with Crippen molar-refractivity contribution in [2.75, 3.05) is 20.8 Å². The van der Waals surface area contributed by atoms with Crippen molar-refractivity contribution in [3.05, 3.63) is 18.0 Å². The highest BCUT2D eigenvalue weighted by Gasteiger charge is 2.19. The predicted molar refractivity (Wildman–Crippen MR) is 60.7 cm³/mol. The van der Waals surface area contributed by atoms with Crippen molar-refractivity contribution in [3.8, 4) is 0 Å². The lowest BCUT2D eigenvalue weighted by Gasteiger charge is -2.21. The Morgan fingerprint density at radius 3 is 2.80 bits per heavy atom. The Kier molecular flexibility index (Phi) is 4.78. The van der Waals surface area contributed by atoms with E-state index in [0.29, 0.717) is 12.0 Å². The molecule has 15 heavy (non-hydrogen) atoms. The summed E-state index contributed by atoms with van der Waals surface area (Å²) in [5.41, 5.74) is 1.10. The molecule has 1 rings (SSSR count). The van der Waals surface area contributed by atoms with E-state index in [1.54, 1.807) is 7.11 Å². The van der Waals surface area contributed by atoms with Gasteiger partial charge in [0.05, 0.1) is 11.7 Å². The van der Waals surface area contributed by atoms with E-state index in [1.165, 1.54) is 0 Å². The first-order valence-electron chi connectivity index (χ1n) is 5.34. The van der Waals surface area contributed by atoms with Crippen molar-refractivity contribution in [3.63, 3.8) is 0 Å². The molecule has 2 unspecified atom stereocenters. The topological polar surface area (TPSA) is 39.1 Å². The van der Waals surface area contributed by atoms with Crippen molar-refractivity contribution in [2.24, 2.45) is 13.0 Å². The third-order valence-corrected chi connectivity index (χ3v) is 2.71. The summed E-state index contributed by atoms with van der Waals surface area (Å²) >= 11 is 0. The number of ether oxygens (including phenoxy) is 1. The molecule has 0 aliphatic rings. The van der Waals surface area contributed by atoms with E-state index in [4.69, 9.17) is 4.74 Å². The maximum atomic E-state index is 5.09. The summed E-state index contributed by atoms with van der Waals surface area (Å²) in [6.45, 7) is 3.01. The Balaban J connectivity index is 2.62. The molecule has 4 nitrogen and oxygen atoms in total. The monoisotopic (exact) mass is 211 g/mol. The minimum Gasteiger partial charge on any atom is -0.385 e. The van der Waals surface area contributed by atoms with Gasteiger partial charge in [0.15, 0.2) is 0 Å². The van der Waals surface area contributed by atoms with Crippen LogP contribution in [0.3, 0.4) is 0 Å². The Bertz CT molecular complexity index is 285. The first-order valence-corrected chi connectivity index (χ1v) is 5.34. The Morgan fingerprint density at radius 1 is 1.60 bits per heavy atom. The average molecular weight is 211 g/mol. The van der Waals surface area contributed by atoms with Crippen LogP contribution in [0.5, 0.6) is 0 Å². The number of rotatable bonds is 6. The molecule has 0 amide bonds. The predicted octanol–water partition coefficient (Wildman–Crippen LogP) is 1.35. The van der Waals surface area contributed by atoms with Gasteiger partial charge in [0.1, 0.15) is 0 Å². The highest BCUT2D eigenvalue weighted by molar-refractivity contribution is 5.06. The zero-order valence-corrected chi connectivity index (χ0v) is 10.0. The van der Waals surface area contributed by atoms with E-state index < -0.39 is 0 Å². The maximum absolute atomic E-state index is 5.09. The van der Waals surface area contributed by atoms with Crippen molar-refractivity contribution in [1.82, 2.24) is 15.1 Å². The molecule has 0 saturated carbocycles. The molecule has 0 bridgehead atoms. The number of hydrogen-bond donors (Lipinski definition) is 1. The number of aromatic nitrogens is 2. The summed E-state index contributed by atoms with van der Waals surface area (Å²) in [6.07, 6.45) is 3.02. The fourth-order valence-electron chi connectivity index (χ4n) is 1.79. The molecule has 1 N–H and O–H groups in total. The van der Waals surface area contributed by atoms with Gasteiger partial charge in [0.2, 0.25) is 0 Å². The van der Waals surface area contributed by atoms with E-state index in [-0.39, 0.29) is 0 Å². The number of methoxy groups -OCH3 is 1. The van der Waals surface area contributed by atoms with Crippen molar-refractivity contribution < 1.29 is 4.74 Å². The molecule has 4 heteroatoms.